The molecule has 2 rings (SSSR count). The number of hydrogen-bond acceptors (Lipinski definition) is 4. The van der Waals surface area contributed by atoms with Crippen LogP contribution in [0.4, 0.5) is 0 Å². The van der Waals surface area contributed by atoms with E-state index < -0.39 is 11.1 Å². The molecular weight excluding hydrogens is 172 g/mol. The van der Waals surface area contributed by atoms with Crippen LogP contribution in [0.1, 0.15) is 5.82 Å². The smallest absolute Gasteiger partial charge is 0.313 e. The Labute approximate surface area is 71.7 Å². The Morgan fingerprint density at radius 3 is 2.69 bits per heavy atom. The van der Waals surface area contributed by atoms with Crippen LogP contribution >= 0.6 is 0 Å². The summed E-state index contributed by atoms with van der Waals surface area (Å²) in [5, 5.41) is 0. The number of rotatable bonds is 0. The van der Waals surface area contributed by atoms with Crippen molar-refractivity contribution in [3.63, 3.8) is 0 Å². The lowest BCUT2D eigenvalue weighted by Crippen LogP contribution is -2.29. The van der Waals surface area contributed by atoms with E-state index in [1.807, 2.05) is 0 Å². The van der Waals surface area contributed by atoms with Crippen LogP contribution in [0.15, 0.2) is 15.8 Å². The molecule has 0 aliphatic carbocycles. The molecule has 0 fully saturated rings. The Morgan fingerprint density at radius 2 is 1.92 bits per heavy atom. The largest absolute Gasteiger partial charge is 0.315 e. The van der Waals surface area contributed by atoms with Gasteiger partial charge in [0.15, 0.2) is 5.65 Å². The Hall–Kier alpha value is -1.98. The molecule has 0 aliphatic rings. The van der Waals surface area contributed by atoms with Crippen molar-refractivity contribution in [3.8, 4) is 0 Å². The summed E-state index contributed by atoms with van der Waals surface area (Å²) in [6.45, 7) is 1.70. The maximum absolute atomic E-state index is 10.9. The summed E-state index contributed by atoms with van der Waals surface area (Å²) in [5.74, 6) is 0.537. The van der Waals surface area contributed by atoms with E-state index in [9.17, 15) is 9.59 Å². The number of hydrogen-bond donors (Lipinski definition) is 2. The number of aryl methyl sites for hydroxylation is 1. The average Bonchev–Trinajstić information content (AvgIpc) is 2.08. The lowest BCUT2D eigenvalue weighted by atomic mass is 10.5. The van der Waals surface area contributed by atoms with Gasteiger partial charge in [0.25, 0.3) is 0 Å². The zero-order chi connectivity index (χ0) is 9.42. The molecule has 0 atom stereocenters. The molecule has 2 N–H and O–H groups in total. The van der Waals surface area contributed by atoms with Gasteiger partial charge in [0.2, 0.25) is 0 Å². The van der Waals surface area contributed by atoms with Crippen molar-refractivity contribution >= 4 is 11.2 Å². The van der Waals surface area contributed by atoms with Crippen molar-refractivity contribution in [1.29, 1.82) is 0 Å². The number of nitrogens with one attached hydrogen (secondary N) is 2. The van der Waals surface area contributed by atoms with E-state index >= 15 is 0 Å². The Kier molecular flexibility index (Phi) is 1.48. The van der Waals surface area contributed by atoms with E-state index in [-0.39, 0.29) is 0 Å². The highest BCUT2D eigenvalue weighted by atomic mass is 16.2. The van der Waals surface area contributed by atoms with Crippen molar-refractivity contribution in [2.24, 2.45) is 0 Å². The summed E-state index contributed by atoms with van der Waals surface area (Å²) in [7, 11) is 0. The standard InChI is InChI=1S/C7H6N4O2/c1-3-8-2-4-5(9-3)11-7(13)6(12)10-4/h2H,1H3,(H,10,12)(H,8,9,11,13). The minimum absolute atomic E-state index is 0.345. The normalized spacial score (nSPS) is 10.5. The molecule has 66 valence electrons. The molecule has 2 aromatic heterocycles. The Morgan fingerprint density at radius 1 is 1.23 bits per heavy atom. The maximum Gasteiger partial charge on any atom is 0.315 e. The van der Waals surface area contributed by atoms with Crippen LogP contribution in [0.3, 0.4) is 0 Å². The highest BCUT2D eigenvalue weighted by molar-refractivity contribution is 5.67. The van der Waals surface area contributed by atoms with E-state index in [0.717, 1.165) is 0 Å². The maximum atomic E-state index is 10.9. The van der Waals surface area contributed by atoms with Crippen LogP contribution in [-0.2, 0) is 0 Å². The van der Waals surface area contributed by atoms with Crippen LogP contribution in [0, 0.1) is 6.92 Å². The molecule has 2 aromatic rings. The number of aromatic amines is 2. The average molecular weight is 178 g/mol. The predicted molar refractivity (Wildman–Crippen MR) is 45.5 cm³/mol. The summed E-state index contributed by atoms with van der Waals surface area (Å²) < 4.78 is 0. The molecule has 6 nitrogen and oxygen atoms in total. The SMILES string of the molecule is Cc1ncc2[nH]c(=O)c(=O)[nH]c2n1. The molecule has 0 unspecified atom stereocenters. The molecule has 0 amide bonds. The first kappa shape index (κ1) is 7.66. The van der Waals surface area contributed by atoms with Crippen molar-refractivity contribution in [2.45, 2.75) is 6.92 Å². The second kappa shape index (κ2) is 2.51. The van der Waals surface area contributed by atoms with Crippen LogP contribution < -0.4 is 11.1 Å². The minimum Gasteiger partial charge on any atom is -0.313 e. The molecule has 0 bridgehead atoms. The first-order valence-electron chi connectivity index (χ1n) is 3.63. The lowest BCUT2D eigenvalue weighted by Gasteiger charge is -1.95. The number of H-pyrrole nitrogens is 2. The van der Waals surface area contributed by atoms with Crippen LogP contribution in [-0.4, -0.2) is 19.9 Å². The Bertz CT molecular complexity index is 568. The van der Waals surface area contributed by atoms with Crippen LogP contribution in [0.25, 0.3) is 11.2 Å². The molecule has 0 saturated carbocycles. The van der Waals surface area contributed by atoms with Crippen molar-refractivity contribution < 1.29 is 0 Å². The van der Waals surface area contributed by atoms with Crippen molar-refractivity contribution in [1.82, 2.24) is 19.9 Å². The predicted octanol–water partition coefficient (Wildman–Crippen LogP) is -0.685. The van der Waals surface area contributed by atoms with E-state index in [0.29, 0.717) is 17.0 Å². The van der Waals surface area contributed by atoms with Gasteiger partial charge in [0.05, 0.1) is 6.20 Å². The monoisotopic (exact) mass is 178 g/mol. The fourth-order valence-corrected chi connectivity index (χ4v) is 1.00. The van der Waals surface area contributed by atoms with Crippen LogP contribution in [0.5, 0.6) is 0 Å². The lowest BCUT2D eigenvalue weighted by molar-refractivity contribution is 1.03. The third-order valence-corrected chi connectivity index (χ3v) is 1.60. The highest BCUT2D eigenvalue weighted by Gasteiger charge is 2.00. The van der Waals surface area contributed by atoms with Gasteiger partial charge < -0.3 is 9.97 Å². The van der Waals surface area contributed by atoms with Gasteiger partial charge in [0.1, 0.15) is 11.3 Å². The van der Waals surface area contributed by atoms with Gasteiger partial charge in [0, 0.05) is 0 Å². The summed E-state index contributed by atoms with van der Waals surface area (Å²) in [5.41, 5.74) is -0.627. The van der Waals surface area contributed by atoms with Gasteiger partial charge in [-0.1, -0.05) is 0 Å². The van der Waals surface area contributed by atoms with Gasteiger partial charge in [-0.15, -0.1) is 0 Å². The Balaban J connectivity index is 2.97. The quantitative estimate of drug-likeness (QED) is 0.522. The number of nitrogens with zero attached hydrogens (tertiary/aromatic N) is 2. The molecule has 0 radical (unpaired) electrons. The highest BCUT2D eigenvalue weighted by Crippen LogP contribution is 1.98. The topological polar surface area (TPSA) is 91.5 Å². The van der Waals surface area contributed by atoms with Crippen molar-refractivity contribution in [3.05, 3.63) is 32.7 Å². The van der Waals surface area contributed by atoms with E-state index in [2.05, 4.69) is 19.9 Å². The van der Waals surface area contributed by atoms with Gasteiger partial charge in [-0.05, 0) is 6.92 Å². The molecule has 0 spiro atoms. The van der Waals surface area contributed by atoms with Gasteiger partial charge in [-0.25, -0.2) is 9.97 Å². The zero-order valence-corrected chi connectivity index (χ0v) is 6.79. The third kappa shape index (κ3) is 1.22. The van der Waals surface area contributed by atoms with Gasteiger partial charge in [-0.3, -0.25) is 9.59 Å². The number of aromatic nitrogens is 4. The molecule has 0 aliphatic heterocycles. The second-order valence-electron chi connectivity index (χ2n) is 2.59. The zero-order valence-electron chi connectivity index (χ0n) is 6.79. The molecule has 6 heteroatoms. The first-order chi connectivity index (χ1) is 6.16. The van der Waals surface area contributed by atoms with E-state index in [1.165, 1.54) is 6.20 Å². The molecule has 2 heterocycles. The van der Waals surface area contributed by atoms with Gasteiger partial charge >= 0.3 is 11.1 Å². The summed E-state index contributed by atoms with van der Waals surface area (Å²) in [4.78, 5) is 34.3. The molecule has 0 saturated heterocycles. The summed E-state index contributed by atoms with van der Waals surface area (Å²) in [6, 6.07) is 0. The van der Waals surface area contributed by atoms with Gasteiger partial charge in [-0.2, -0.15) is 0 Å². The van der Waals surface area contributed by atoms with Crippen molar-refractivity contribution in [2.75, 3.05) is 0 Å². The fraction of sp³-hybridized carbons (Fsp3) is 0.143. The summed E-state index contributed by atoms with van der Waals surface area (Å²) >= 11 is 0. The molecular formula is C7H6N4O2. The van der Waals surface area contributed by atoms with E-state index in [1.54, 1.807) is 6.92 Å². The third-order valence-electron chi connectivity index (χ3n) is 1.60. The summed E-state index contributed by atoms with van der Waals surface area (Å²) in [6.07, 6.45) is 1.45. The molecule has 13 heavy (non-hydrogen) atoms. The first-order valence-corrected chi connectivity index (χ1v) is 3.63. The minimum atomic E-state index is -0.703. The van der Waals surface area contributed by atoms with E-state index in [4.69, 9.17) is 0 Å². The molecule has 0 aromatic carbocycles. The number of fused-ring (bicyclic) bond motifs is 1. The second-order valence-corrected chi connectivity index (χ2v) is 2.59. The fourth-order valence-electron chi connectivity index (χ4n) is 1.00. The van der Waals surface area contributed by atoms with Crippen LogP contribution in [0.2, 0.25) is 0 Å².